The number of unbranched alkanes of at least 4 members (excludes halogenated alkanes) is 2. The van der Waals surface area contributed by atoms with Gasteiger partial charge in [0, 0.05) is 12.1 Å². The third-order valence-corrected chi connectivity index (χ3v) is 5.68. The van der Waals surface area contributed by atoms with E-state index in [1.54, 1.807) is 51.1 Å². The quantitative estimate of drug-likeness (QED) is 0.357. The molecule has 0 aliphatic carbocycles. The maximum absolute atomic E-state index is 13.7. The largest absolute Gasteiger partial charge is 0.508 e. The second-order valence-electron chi connectivity index (χ2n) is 9.53. The summed E-state index contributed by atoms with van der Waals surface area (Å²) in [5.41, 5.74) is 0.723. The van der Waals surface area contributed by atoms with Crippen molar-refractivity contribution in [3.63, 3.8) is 0 Å². The molecule has 3 amide bonds. The number of aromatic hydroxyl groups is 1. The molecule has 2 aromatic rings. The number of carbonyl (C=O) groups is 3. The summed E-state index contributed by atoms with van der Waals surface area (Å²) < 4.78 is 5.23. The number of amides is 3. The van der Waals surface area contributed by atoms with Gasteiger partial charge < -0.3 is 25.4 Å². The molecule has 0 bridgehead atoms. The average molecular weight is 518 g/mol. The van der Waals surface area contributed by atoms with E-state index in [-0.39, 0.29) is 24.4 Å². The fraction of sp³-hybridized carbons (Fsp3) is 0.444. The van der Waals surface area contributed by atoms with Crippen LogP contribution < -0.4 is 10.6 Å². The first-order valence-electron chi connectivity index (χ1n) is 12.0. The van der Waals surface area contributed by atoms with E-state index in [2.05, 4.69) is 10.6 Å². The van der Waals surface area contributed by atoms with Gasteiger partial charge in [-0.2, -0.15) is 0 Å². The molecule has 0 aliphatic rings. The van der Waals surface area contributed by atoms with E-state index in [4.69, 9.17) is 16.3 Å². The molecule has 1 unspecified atom stereocenters. The minimum atomic E-state index is -1.16. The van der Waals surface area contributed by atoms with E-state index in [1.165, 1.54) is 11.0 Å². The number of nitrogens with zero attached hydrogens (tertiary/aromatic N) is 1. The van der Waals surface area contributed by atoms with E-state index in [9.17, 15) is 19.5 Å². The molecule has 0 aliphatic heterocycles. The molecule has 2 aromatic carbocycles. The van der Waals surface area contributed by atoms with Gasteiger partial charge in [-0.1, -0.05) is 61.7 Å². The van der Waals surface area contributed by atoms with Crippen molar-refractivity contribution in [1.82, 2.24) is 10.2 Å². The predicted molar refractivity (Wildman–Crippen MR) is 141 cm³/mol. The minimum Gasteiger partial charge on any atom is -0.508 e. The topological polar surface area (TPSA) is 108 Å². The molecule has 2 rings (SSSR count). The highest BCUT2D eigenvalue weighted by atomic mass is 35.5. The second-order valence-corrected chi connectivity index (χ2v) is 9.94. The van der Waals surface area contributed by atoms with Crippen LogP contribution in [-0.4, -0.2) is 46.6 Å². The molecule has 0 fully saturated rings. The molecule has 0 aromatic heterocycles. The molecular formula is C27H36ClN3O5. The van der Waals surface area contributed by atoms with Crippen molar-refractivity contribution in [3.05, 3.63) is 58.6 Å². The van der Waals surface area contributed by atoms with Crippen LogP contribution in [-0.2, 0) is 14.3 Å². The Morgan fingerprint density at radius 3 is 2.39 bits per heavy atom. The number of nitrogens with one attached hydrogen (secondary N) is 2. The lowest BCUT2D eigenvalue weighted by Crippen LogP contribution is -2.47. The zero-order chi connectivity index (χ0) is 26.9. The number of phenolic OH excluding ortho intramolecular Hbond substituents is 1. The molecule has 3 N–H and O–H groups in total. The van der Waals surface area contributed by atoms with E-state index in [1.807, 2.05) is 19.9 Å². The minimum absolute atomic E-state index is 0.123. The van der Waals surface area contributed by atoms with Gasteiger partial charge in [-0.05, 0) is 51.8 Å². The van der Waals surface area contributed by atoms with Crippen molar-refractivity contribution in [2.45, 2.75) is 65.5 Å². The number of hydrogen-bond donors (Lipinski definition) is 3. The van der Waals surface area contributed by atoms with Gasteiger partial charge in [-0.25, -0.2) is 4.79 Å². The van der Waals surface area contributed by atoms with E-state index in [0.29, 0.717) is 17.1 Å². The van der Waals surface area contributed by atoms with E-state index in [0.717, 1.165) is 18.4 Å². The first kappa shape index (κ1) is 29.0. The van der Waals surface area contributed by atoms with E-state index < -0.39 is 29.6 Å². The Kier molecular flexibility index (Phi) is 10.6. The van der Waals surface area contributed by atoms with Crippen LogP contribution in [0.4, 0.5) is 10.5 Å². The van der Waals surface area contributed by atoms with Crippen LogP contribution in [0.5, 0.6) is 5.75 Å². The molecule has 0 heterocycles. The molecule has 196 valence electrons. The number of ether oxygens (including phenoxy) is 1. The predicted octanol–water partition coefficient (Wildman–Crippen LogP) is 5.58. The molecule has 1 atom stereocenters. The van der Waals surface area contributed by atoms with Gasteiger partial charge in [-0.3, -0.25) is 9.59 Å². The number of aryl methyl sites for hydroxylation is 1. The Morgan fingerprint density at radius 1 is 1.08 bits per heavy atom. The van der Waals surface area contributed by atoms with Crippen LogP contribution in [0.25, 0.3) is 0 Å². The summed E-state index contributed by atoms with van der Waals surface area (Å²) in [5, 5.41) is 16.3. The highest BCUT2D eigenvalue weighted by molar-refractivity contribution is 6.34. The molecule has 0 saturated carbocycles. The van der Waals surface area contributed by atoms with Gasteiger partial charge in [0.05, 0.1) is 10.7 Å². The number of hydrogen-bond acceptors (Lipinski definition) is 5. The van der Waals surface area contributed by atoms with Gasteiger partial charge >= 0.3 is 6.09 Å². The number of alkyl carbamates (subject to hydrolysis) is 1. The van der Waals surface area contributed by atoms with E-state index >= 15 is 0 Å². The fourth-order valence-electron chi connectivity index (χ4n) is 3.64. The third-order valence-electron chi connectivity index (χ3n) is 5.37. The van der Waals surface area contributed by atoms with Crippen LogP contribution in [0.3, 0.4) is 0 Å². The summed E-state index contributed by atoms with van der Waals surface area (Å²) in [5.74, 6) is -1.15. The third kappa shape index (κ3) is 8.45. The number of rotatable bonds is 10. The molecule has 8 nitrogen and oxygen atoms in total. The van der Waals surface area contributed by atoms with Crippen molar-refractivity contribution < 1.29 is 24.2 Å². The van der Waals surface area contributed by atoms with Crippen molar-refractivity contribution in [1.29, 1.82) is 0 Å². The average Bonchev–Trinajstić information content (AvgIpc) is 2.79. The van der Waals surface area contributed by atoms with Crippen molar-refractivity contribution in [2.75, 3.05) is 18.4 Å². The lowest BCUT2D eigenvalue weighted by molar-refractivity contribution is -0.138. The molecule has 9 heteroatoms. The summed E-state index contributed by atoms with van der Waals surface area (Å²) in [7, 11) is 0. The number of halogens is 1. The zero-order valence-electron chi connectivity index (χ0n) is 21.6. The second kappa shape index (κ2) is 13.2. The summed E-state index contributed by atoms with van der Waals surface area (Å²) in [6.45, 7) is 8.89. The Morgan fingerprint density at radius 2 is 1.78 bits per heavy atom. The van der Waals surface area contributed by atoms with Crippen molar-refractivity contribution in [3.8, 4) is 5.75 Å². The normalized spacial score (nSPS) is 11.9. The standard InChI is InChI=1S/C27H36ClN3O5/c1-6-7-10-16-31(22(33)17-29-26(35)36-27(3,4)5)24(19-13-8-9-15-21(19)32)25(34)30-23-18(2)12-11-14-20(23)28/h8-9,11-15,24,32H,6-7,10,16-17H2,1-5H3,(H,29,35)(H,30,34). The number of phenols is 1. The van der Waals surface area contributed by atoms with Gasteiger partial charge in [0.1, 0.15) is 23.9 Å². The molecule has 0 saturated heterocycles. The summed E-state index contributed by atoms with van der Waals surface area (Å²) in [4.78, 5) is 40.6. The van der Waals surface area contributed by atoms with Crippen LogP contribution in [0.2, 0.25) is 5.02 Å². The molecule has 0 spiro atoms. The lowest BCUT2D eigenvalue weighted by atomic mass is 10.0. The maximum Gasteiger partial charge on any atom is 0.408 e. The number of carbonyl (C=O) groups excluding carboxylic acids is 3. The van der Waals surface area contributed by atoms with Crippen LogP contribution in [0, 0.1) is 6.92 Å². The Labute approximate surface area is 218 Å². The first-order chi connectivity index (χ1) is 16.9. The number of para-hydroxylation sites is 2. The summed E-state index contributed by atoms with van der Waals surface area (Å²) in [6.07, 6.45) is 1.64. The van der Waals surface area contributed by atoms with Gasteiger partial charge in [0.15, 0.2) is 0 Å². The van der Waals surface area contributed by atoms with Crippen molar-refractivity contribution in [2.24, 2.45) is 0 Å². The van der Waals surface area contributed by atoms with Crippen molar-refractivity contribution >= 4 is 35.2 Å². The Hall–Kier alpha value is -3.26. The monoisotopic (exact) mass is 517 g/mol. The molecule has 0 radical (unpaired) electrons. The fourth-order valence-corrected chi connectivity index (χ4v) is 3.91. The smallest absolute Gasteiger partial charge is 0.408 e. The van der Waals surface area contributed by atoms with Crippen LogP contribution in [0.1, 0.15) is 64.1 Å². The van der Waals surface area contributed by atoms with Gasteiger partial charge in [-0.15, -0.1) is 0 Å². The Bertz CT molecular complexity index is 1050. The maximum atomic E-state index is 13.7. The number of anilines is 1. The molecule has 36 heavy (non-hydrogen) atoms. The first-order valence-corrected chi connectivity index (χ1v) is 12.4. The van der Waals surface area contributed by atoms with Gasteiger partial charge in [0.25, 0.3) is 5.91 Å². The van der Waals surface area contributed by atoms with Crippen LogP contribution >= 0.6 is 11.6 Å². The molecular weight excluding hydrogens is 482 g/mol. The summed E-state index contributed by atoms with van der Waals surface area (Å²) in [6, 6.07) is 10.5. The highest BCUT2D eigenvalue weighted by Crippen LogP contribution is 2.32. The SMILES string of the molecule is CCCCCN(C(=O)CNC(=O)OC(C)(C)C)C(C(=O)Nc1c(C)cccc1Cl)c1ccccc1O. The van der Waals surface area contributed by atoms with Gasteiger partial charge in [0.2, 0.25) is 5.91 Å². The zero-order valence-corrected chi connectivity index (χ0v) is 22.3. The Balaban J connectivity index is 2.42. The summed E-state index contributed by atoms with van der Waals surface area (Å²) >= 11 is 6.33. The highest BCUT2D eigenvalue weighted by Gasteiger charge is 2.33. The van der Waals surface area contributed by atoms with Crippen LogP contribution in [0.15, 0.2) is 42.5 Å². The number of benzene rings is 2. The lowest BCUT2D eigenvalue weighted by Gasteiger charge is -2.32.